The molecule has 0 bridgehead atoms. The summed E-state index contributed by atoms with van der Waals surface area (Å²) in [4.78, 5) is 15.1. The number of benzene rings is 3. The van der Waals surface area contributed by atoms with Gasteiger partial charge >= 0.3 is 6.03 Å². The highest BCUT2D eigenvalue weighted by molar-refractivity contribution is 5.90. The lowest BCUT2D eigenvalue weighted by atomic mass is 10.0. The van der Waals surface area contributed by atoms with Gasteiger partial charge < -0.3 is 15.0 Å². The van der Waals surface area contributed by atoms with E-state index in [2.05, 4.69) is 35.6 Å². The van der Waals surface area contributed by atoms with Gasteiger partial charge in [-0.15, -0.1) is 0 Å². The largest absolute Gasteiger partial charge is 0.497 e. The van der Waals surface area contributed by atoms with E-state index in [0.717, 1.165) is 48.4 Å². The molecule has 148 valence electrons. The maximum absolute atomic E-state index is 13.1. The van der Waals surface area contributed by atoms with Gasteiger partial charge in [0.25, 0.3) is 0 Å². The lowest BCUT2D eigenvalue weighted by Gasteiger charge is -2.26. The highest BCUT2D eigenvalue weighted by atomic mass is 16.5. The molecule has 4 heteroatoms. The van der Waals surface area contributed by atoms with Gasteiger partial charge in [0.05, 0.1) is 13.2 Å². The molecule has 29 heavy (non-hydrogen) atoms. The molecule has 0 aliphatic carbocycles. The third-order valence-corrected chi connectivity index (χ3v) is 5.51. The van der Waals surface area contributed by atoms with Crippen molar-refractivity contribution in [2.24, 2.45) is 0 Å². The van der Waals surface area contributed by atoms with Crippen LogP contribution < -0.4 is 10.1 Å². The van der Waals surface area contributed by atoms with Gasteiger partial charge in [-0.2, -0.15) is 0 Å². The predicted octanol–water partition coefficient (Wildman–Crippen LogP) is 5.66. The molecule has 0 spiro atoms. The van der Waals surface area contributed by atoms with E-state index in [9.17, 15) is 4.79 Å². The summed E-state index contributed by atoms with van der Waals surface area (Å²) in [6.07, 6.45) is 2.78. The van der Waals surface area contributed by atoms with Crippen molar-refractivity contribution in [1.82, 2.24) is 4.90 Å². The molecule has 1 heterocycles. The Bertz CT molecular complexity index is 954. The summed E-state index contributed by atoms with van der Waals surface area (Å²) < 4.78 is 5.25. The molecule has 1 saturated heterocycles. The third-order valence-electron chi connectivity index (χ3n) is 5.51. The molecular weight excluding hydrogens is 360 g/mol. The standard InChI is InChI=1S/C25H26N2O2/c1-29-22-15-13-20(14-16-22)24-12-7-17-27(24)25(28)26-23-11-6-5-10-21(23)18-19-8-3-2-4-9-19/h2-6,8-11,13-16,24H,7,12,17-18H2,1H3,(H,26,28). The van der Waals surface area contributed by atoms with Crippen molar-refractivity contribution in [1.29, 1.82) is 0 Å². The first-order chi connectivity index (χ1) is 14.2. The van der Waals surface area contributed by atoms with Crippen LogP contribution in [-0.2, 0) is 6.42 Å². The number of nitrogens with one attached hydrogen (secondary N) is 1. The average Bonchev–Trinajstić information content (AvgIpc) is 3.26. The van der Waals surface area contributed by atoms with Gasteiger partial charge in [0.1, 0.15) is 5.75 Å². The number of carbonyl (C=O) groups is 1. The van der Waals surface area contributed by atoms with Gasteiger partial charge in [0, 0.05) is 12.2 Å². The van der Waals surface area contributed by atoms with Crippen molar-refractivity contribution in [3.8, 4) is 5.75 Å². The molecule has 1 fully saturated rings. The Kier molecular flexibility index (Phi) is 5.80. The van der Waals surface area contributed by atoms with E-state index in [1.54, 1.807) is 7.11 Å². The molecule has 1 unspecified atom stereocenters. The van der Waals surface area contributed by atoms with E-state index in [4.69, 9.17) is 4.74 Å². The molecule has 0 radical (unpaired) electrons. The van der Waals surface area contributed by atoms with Crippen LogP contribution in [0.3, 0.4) is 0 Å². The highest BCUT2D eigenvalue weighted by Gasteiger charge is 2.30. The van der Waals surface area contributed by atoms with Crippen LogP contribution in [0.15, 0.2) is 78.9 Å². The number of ether oxygens (including phenoxy) is 1. The molecule has 0 saturated carbocycles. The number of para-hydroxylation sites is 1. The van der Waals surface area contributed by atoms with Gasteiger partial charge in [0.15, 0.2) is 0 Å². The topological polar surface area (TPSA) is 41.6 Å². The van der Waals surface area contributed by atoms with E-state index < -0.39 is 0 Å². The van der Waals surface area contributed by atoms with Crippen molar-refractivity contribution in [3.05, 3.63) is 95.6 Å². The summed E-state index contributed by atoms with van der Waals surface area (Å²) in [6, 6.07) is 26.4. The van der Waals surface area contributed by atoms with Gasteiger partial charge in [-0.3, -0.25) is 0 Å². The summed E-state index contributed by atoms with van der Waals surface area (Å²) in [7, 11) is 1.66. The summed E-state index contributed by atoms with van der Waals surface area (Å²) in [5, 5.41) is 3.16. The quantitative estimate of drug-likeness (QED) is 0.615. The molecule has 1 aliphatic heterocycles. The molecule has 2 amide bonds. The predicted molar refractivity (Wildman–Crippen MR) is 116 cm³/mol. The number of rotatable bonds is 5. The number of hydrogen-bond donors (Lipinski definition) is 1. The number of carbonyl (C=O) groups excluding carboxylic acids is 1. The molecular formula is C25H26N2O2. The summed E-state index contributed by atoms with van der Waals surface area (Å²) in [5.41, 5.74) is 4.37. The Hall–Kier alpha value is -3.27. The van der Waals surface area contributed by atoms with Crippen molar-refractivity contribution < 1.29 is 9.53 Å². The van der Waals surface area contributed by atoms with Crippen LogP contribution in [0.2, 0.25) is 0 Å². The second-order valence-electron chi connectivity index (χ2n) is 7.37. The van der Waals surface area contributed by atoms with E-state index >= 15 is 0 Å². The zero-order chi connectivity index (χ0) is 20.1. The van der Waals surface area contributed by atoms with E-state index in [0.29, 0.717) is 0 Å². The van der Waals surface area contributed by atoms with E-state index in [-0.39, 0.29) is 12.1 Å². The molecule has 4 nitrogen and oxygen atoms in total. The minimum absolute atomic E-state index is 0.0381. The maximum atomic E-state index is 13.1. The first kappa shape index (κ1) is 19.1. The van der Waals surface area contributed by atoms with Gasteiger partial charge in [-0.05, 0) is 54.2 Å². The van der Waals surface area contributed by atoms with Gasteiger partial charge in [0.2, 0.25) is 0 Å². The SMILES string of the molecule is COc1ccc(C2CCCN2C(=O)Nc2ccccc2Cc2ccccc2)cc1. The summed E-state index contributed by atoms with van der Waals surface area (Å²) in [5.74, 6) is 0.831. The molecule has 1 atom stereocenters. The molecule has 4 rings (SSSR count). The summed E-state index contributed by atoms with van der Waals surface area (Å²) >= 11 is 0. The number of amides is 2. The summed E-state index contributed by atoms with van der Waals surface area (Å²) in [6.45, 7) is 0.767. The Morgan fingerprint density at radius 3 is 2.48 bits per heavy atom. The minimum Gasteiger partial charge on any atom is -0.497 e. The van der Waals surface area contributed by atoms with Crippen molar-refractivity contribution >= 4 is 11.7 Å². The fourth-order valence-electron chi connectivity index (χ4n) is 3.98. The number of urea groups is 1. The molecule has 1 aliphatic rings. The average molecular weight is 386 g/mol. The lowest BCUT2D eigenvalue weighted by molar-refractivity contribution is 0.207. The number of anilines is 1. The molecule has 0 aromatic heterocycles. The Morgan fingerprint density at radius 1 is 1.00 bits per heavy atom. The zero-order valence-corrected chi connectivity index (χ0v) is 16.7. The van der Waals surface area contributed by atoms with Gasteiger partial charge in [-0.25, -0.2) is 4.79 Å². The lowest BCUT2D eigenvalue weighted by Crippen LogP contribution is -2.34. The van der Waals surface area contributed by atoms with Crippen LogP contribution in [0.25, 0.3) is 0 Å². The Labute approximate surface area is 172 Å². The Balaban J connectivity index is 1.50. The highest BCUT2D eigenvalue weighted by Crippen LogP contribution is 2.33. The fourth-order valence-corrected chi connectivity index (χ4v) is 3.98. The number of nitrogens with zero attached hydrogens (tertiary/aromatic N) is 1. The number of likely N-dealkylation sites (tertiary alicyclic amines) is 1. The normalized spacial score (nSPS) is 15.9. The van der Waals surface area contributed by atoms with Crippen LogP contribution >= 0.6 is 0 Å². The maximum Gasteiger partial charge on any atom is 0.322 e. The van der Waals surface area contributed by atoms with Crippen molar-refractivity contribution in [2.75, 3.05) is 19.0 Å². The minimum atomic E-state index is -0.0381. The fraction of sp³-hybridized carbons (Fsp3) is 0.240. The van der Waals surface area contributed by atoms with Crippen LogP contribution in [0.4, 0.5) is 10.5 Å². The van der Waals surface area contributed by atoms with Gasteiger partial charge in [-0.1, -0.05) is 60.7 Å². The first-order valence-electron chi connectivity index (χ1n) is 10.1. The second-order valence-corrected chi connectivity index (χ2v) is 7.37. The third kappa shape index (κ3) is 4.43. The van der Waals surface area contributed by atoms with Crippen LogP contribution in [0.1, 0.15) is 35.6 Å². The number of hydrogen-bond acceptors (Lipinski definition) is 2. The smallest absolute Gasteiger partial charge is 0.322 e. The molecule has 1 N–H and O–H groups in total. The second kappa shape index (κ2) is 8.82. The van der Waals surface area contributed by atoms with Crippen molar-refractivity contribution in [3.63, 3.8) is 0 Å². The van der Waals surface area contributed by atoms with E-state index in [1.807, 2.05) is 53.4 Å². The number of methoxy groups -OCH3 is 1. The molecule has 3 aromatic carbocycles. The zero-order valence-electron chi connectivity index (χ0n) is 16.7. The van der Waals surface area contributed by atoms with Crippen LogP contribution in [0.5, 0.6) is 5.75 Å². The molecule has 3 aromatic rings. The van der Waals surface area contributed by atoms with Crippen molar-refractivity contribution in [2.45, 2.75) is 25.3 Å². The monoisotopic (exact) mass is 386 g/mol. The van der Waals surface area contributed by atoms with Crippen LogP contribution in [-0.4, -0.2) is 24.6 Å². The first-order valence-corrected chi connectivity index (χ1v) is 10.1. The Morgan fingerprint density at radius 2 is 1.72 bits per heavy atom. The van der Waals surface area contributed by atoms with E-state index in [1.165, 1.54) is 5.56 Å². The van der Waals surface area contributed by atoms with Crippen LogP contribution in [0, 0.1) is 0 Å².